The lowest BCUT2D eigenvalue weighted by molar-refractivity contribution is -0.137. The van der Waals surface area contributed by atoms with Crippen LogP contribution >= 0.6 is 0 Å². The Morgan fingerprint density at radius 2 is 1.88 bits per heavy atom. The monoisotopic (exact) mass is 355 g/mol. The van der Waals surface area contributed by atoms with Gasteiger partial charge in [0.1, 0.15) is 0 Å². The van der Waals surface area contributed by atoms with Crippen molar-refractivity contribution in [3.8, 4) is 11.5 Å². The Morgan fingerprint density at radius 3 is 2.54 bits per heavy atom. The highest BCUT2D eigenvalue weighted by atomic mass is 16.5. The number of methoxy groups -OCH3 is 2. The van der Waals surface area contributed by atoms with Crippen LogP contribution in [0, 0.1) is 0 Å². The summed E-state index contributed by atoms with van der Waals surface area (Å²) in [5.74, 6) is 1.62. The molecular weight excluding hydrogens is 330 g/mol. The molecule has 1 aliphatic carbocycles. The SMILES string of the molecule is CCOC(=O)C=C1CCC(c2ccnc3cc(OC)c(OC)cc23)CC1. The van der Waals surface area contributed by atoms with E-state index >= 15 is 0 Å². The maximum absolute atomic E-state index is 11.6. The van der Waals surface area contributed by atoms with Crippen molar-refractivity contribution >= 4 is 16.9 Å². The fourth-order valence-corrected chi connectivity index (χ4v) is 3.64. The molecule has 5 nitrogen and oxygen atoms in total. The van der Waals surface area contributed by atoms with Crippen LogP contribution in [-0.4, -0.2) is 31.8 Å². The van der Waals surface area contributed by atoms with Crippen LogP contribution in [0.15, 0.2) is 36.0 Å². The molecule has 1 heterocycles. The summed E-state index contributed by atoms with van der Waals surface area (Å²) in [5, 5.41) is 1.10. The molecule has 0 radical (unpaired) electrons. The largest absolute Gasteiger partial charge is 0.493 e. The molecule has 5 heteroatoms. The predicted octanol–water partition coefficient (Wildman–Crippen LogP) is 4.40. The second-order valence-corrected chi connectivity index (χ2v) is 6.45. The normalized spacial score (nSPS) is 17.0. The molecule has 0 atom stereocenters. The highest BCUT2D eigenvalue weighted by molar-refractivity contribution is 5.86. The molecule has 0 N–H and O–H groups in total. The molecule has 26 heavy (non-hydrogen) atoms. The fraction of sp³-hybridized carbons (Fsp3) is 0.429. The number of fused-ring (bicyclic) bond motifs is 1. The van der Waals surface area contributed by atoms with Gasteiger partial charge in [-0.3, -0.25) is 4.98 Å². The lowest BCUT2D eigenvalue weighted by Gasteiger charge is -2.25. The van der Waals surface area contributed by atoms with Gasteiger partial charge >= 0.3 is 5.97 Å². The number of ether oxygens (including phenoxy) is 3. The molecule has 138 valence electrons. The average molecular weight is 355 g/mol. The molecule has 0 unspecified atom stereocenters. The molecule has 2 aromatic rings. The van der Waals surface area contributed by atoms with Gasteiger partial charge in [0.15, 0.2) is 11.5 Å². The number of hydrogen-bond donors (Lipinski definition) is 0. The summed E-state index contributed by atoms with van der Waals surface area (Å²) in [4.78, 5) is 16.1. The van der Waals surface area contributed by atoms with E-state index in [0.29, 0.717) is 24.0 Å². The van der Waals surface area contributed by atoms with Gasteiger partial charge in [-0.25, -0.2) is 4.79 Å². The van der Waals surface area contributed by atoms with Crippen LogP contribution in [0.25, 0.3) is 10.9 Å². The van der Waals surface area contributed by atoms with Crippen molar-refractivity contribution in [3.05, 3.63) is 41.6 Å². The topological polar surface area (TPSA) is 57.7 Å². The molecule has 1 fully saturated rings. The number of pyridine rings is 1. The molecule has 1 aliphatic rings. The first-order valence-electron chi connectivity index (χ1n) is 9.03. The zero-order chi connectivity index (χ0) is 18.5. The molecule has 3 rings (SSSR count). The predicted molar refractivity (Wildman–Crippen MR) is 101 cm³/mol. The van der Waals surface area contributed by atoms with Crippen molar-refractivity contribution in [1.82, 2.24) is 4.98 Å². The third kappa shape index (κ3) is 3.82. The molecule has 0 saturated heterocycles. The summed E-state index contributed by atoms with van der Waals surface area (Å²) in [5.41, 5.74) is 3.37. The first-order valence-corrected chi connectivity index (χ1v) is 9.03. The minimum atomic E-state index is -0.229. The van der Waals surface area contributed by atoms with Crippen LogP contribution in [0.1, 0.15) is 44.1 Å². The molecule has 1 saturated carbocycles. The summed E-state index contributed by atoms with van der Waals surface area (Å²) in [7, 11) is 3.28. The number of allylic oxidation sites excluding steroid dienone is 1. The van der Waals surface area contributed by atoms with E-state index in [1.54, 1.807) is 20.3 Å². The fourth-order valence-electron chi connectivity index (χ4n) is 3.64. The van der Waals surface area contributed by atoms with E-state index in [2.05, 4.69) is 11.1 Å². The second-order valence-electron chi connectivity index (χ2n) is 6.45. The molecule has 0 spiro atoms. The number of benzene rings is 1. The van der Waals surface area contributed by atoms with Crippen molar-refractivity contribution < 1.29 is 19.0 Å². The van der Waals surface area contributed by atoms with Crippen LogP contribution in [-0.2, 0) is 9.53 Å². The van der Waals surface area contributed by atoms with E-state index in [-0.39, 0.29) is 5.97 Å². The first kappa shape index (κ1) is 18.2. The van der Waals surface area contributed by atoms with Gasteiger partial charge in [0.25, 0.3) is 0 Å². The Balaban J connectivity index is 1.84. The van der Waals surface area contributed by atoms with E-state index in [9.17, 15) is 4.79 Å². The molecule has 0 amide bonds. The van der Waals surface area contributed by atoms with E-state index in [1.165, 1.54) is 11.1 Å². The summed E-state index contributed by atoms with van der Waals surface area (Å²) in [6, 6.07) is 6.03. The lowest BCUT2D eigenvalue weighted by Crippen LogP contribution is -2.09. The van der Waals surface area contributed by atoms with E-state index in [1.807, 2.05) is 25.3 Å². The lowest BCUT2D eigenvalue weighted by atomic mass is 9.80. The van der Waals surface area contributed by atoms with Crippen molar-refractivity contribution in [2.45, 2.75) is 38.5 Å². The van der Waals surface area contributed by atoms with Crippen molar-refractivity contribution in [1.29, 1.82) is 0 Å². The van der Waals surface area contributed by atoms with Gasteiger partial charge in [0, 0.05) is 23.7 Å². The highest BCUT2D eigenvalue weighted by Crippen LogP contribution is 2.40. The molecule has 0 aliphatic heterocycles. The van der Waals surface area contributed by atoms with Crippen LogP contribution in [0.5, 0.6) is 11.5 Å². The molecule has 1 aromatic carbocycles. The Labute approximate surface area is 154 Å². The minimum Gasteiger partial charge on any atom is -0.493 e. The van der Waals surface area contributed by atoms with Crippen LogP contribution in [0.3, 0.4) is 0 Å². The first-order chi connectivity index (χ1) is 12.7. The second kappa shape index (κ2) is 8.21. The summed E-state index contributed by atoms with van der Waals surface area (Å²) < 4.78 is 15.9. The van der Waals surface area contributed by atoms with Crippen molar-refractivity contribution in [3.63, 3.8) is 0 Å². The Morgan fingerprint density at radius 1 is 1.19 bits per heavy atom. The summed E-state index contributed by atoms with van der Waals surface area (Å²) in [6.45, 7) is 2.24. The van der Waals surface area contributed by atoms with Gasteiger partial charge in [-0.1, -0.05) is 5.57 Å². The van der Waals surface area contributed by atoms with E-state index in [4.69, 9.17) is 14.2 Å². The molecule has 1 aromatic heterocycles. The Kier molecular flexibility index (Phi) is 5.76. The summed E-state index contributed by atoms with van der Waals surface area (Å²) in [6.07, 6.45) is 7.38. The number of rotatable bonds is 5. The molecular formula is C21H25NO4. The minimum absolute atomic E-state index is 0.229. The highest BCUT2D eigenvalue weighted by Gasteiger charge is 2.22. The molecule has 0 bridgehead atoms. The number of esters is 1. The van der Waals surface area contributed by atoms with Crippen LogP contribution in [0.2, 0.25) is 0 Å². The Bertz CT molecular complexity index is 818. The van der Waals surface area contributed by atoms with Crippen LogP contribution < -0.4 is 9.47 Å². The zero-order valence-corrected chi connectivity index (χ0v) is 15.6. The quantitative estimate of drug-likeness (QED) is 0.588. The number of nitrogens with zero attached hydrogens (tertiary/aromatic N) is 1. The van der Waals surface area contributed by atoms with Gasteiger partial charge in [0.05, 0.1) is 26.3 Å². The van der Waals surface area contributed by atoms with Crippen molar-refractivity contribution in [2.24, 2.45) is 0 Å². The van der Waals surface area contributed by atoms with Crippen molar-refractivity contribution in [2.75, 3.05) is 20.8 Å². The zero-order valence-electron chi connectivity index (χ0n) is 15.6. The average Bonchev–Trinajstić information content (AvgIpc) is 2.67. The number of carbonyl (C=O) groups is 1. The summed E-state index contributed by atoms with van der Waals surface area (Å²) >= 11 is 0. The van der Waals surface area contributed by atoms with Gasteiger partial charge < -0.3 is 14.2 Å². The third-order valence-corrected chi connectivity index (χ3v) is 4.96. The number of carbonyl (C=O) groups excluding carboxylic acids is 1. The van der Waals surface area contributed by atoms with Gasteiger partial charge in [-0.2, -0.15) is 0 Å². The number of hydrogen-bond acceptors (Lipinski definition) is 5. The van der Waals surface area contributed by atoms with Crippen LogP contribution in [0.4, 0.5) is 0 Å². The third-order valence-electron chi connectivity index (χ3n) is 4.96. The standard InChI is InChI=1S/C21H25NO4/c1-4-26-21(23)11-14-5-7-15(8-6-14)16-9-10-22-18-13-20(25-3)19(24-2)12-17(16)18/h9-13,15H,4-8H2,1-3H3. The van der Waals surface area contributed by atoms with Gasteiger partial charge in [-0.05, 0) is 56.2 Å². The maximum Gasteiger partial charge on any atom is 0.330 e. The van der Waals surface area contributed by atoms with Gasteiger partial charge in [-0.15, -0.1) is 0 Å². The van der Waals surface area contributed by atoms with Gasteiger partial charge in [0.2, 0.25) is 0 Å². The van der Waals surface area contributed by atoms with E-state index in [0.717, 1.165) is 36.6 Å². The Hall–Kier alpha value is -2.56. The number of aromatic nitrogens is 1. The smallest absolute Gasteiger partial charge is 0.330 e. The maximum atomic E-state index is 11.6. The van der Waals surface area contributed by atoms with E-state index < -0.39 is 0 Å².